The number of fused-ring (bicyclic) bond motifs is 2. The molecule has 13 heteroatoms. The molecule has 2 aliphatic rings. The number of amides is 1. The second-order valence-electron chi connectivity index (χ2n) is 13.2. The van der Waals surface area contributed by atoms with Crippen LogP contribution in [0.15, 0.2) is 94.9 Å². The van der Waals surface area contributed by atoms with Gasteiger partial charge in [-0.05, 0) is 78.8 Å². The van der Waals surface area contributed by atoms with Crippen molar-refractivity contribution in [3.05, 3.63) is 129 Å². The molecule has 2 aromatic carbocycles. The summed E-state index contributed by atoms with van der Waals surface area (Å²) in [5.41, 5.74) is 3.04. The summed E-state index contributed by atoms with van der Waals surface area (Å²) in [6, 6.07) is 18.9. The van der Waals surface area contributed by atoms with Crippen molar-refractivity contribution in [3.63, 3.8) is 0 Å². The quantitative estimate of drug-likeness (QED) is 0.254. The van der Waals surface area contributed by atoms with E-state index < -0.39 is 28.9 Å². The van der Waals surface area contributed by atoms with Crippen LogP contribution in [0.5, 0.6) is 0 Å². The third-order valence-corrected chi connectivity index (χ3v) is 9.81. The summed E-state index contributed by atoms with van der Waals surface area (Å²) in [5.74, 6) is -1.51. The molecule has 260 valence electrons. The Balaban J connectivity index is 1.07. The minimum absolute atomic E-state index is 0.00576. The maximum absolute atomic E-state index is 14.5. The van der Waals surface area contributed by atoms with Gasteiger partial charge in [0.1, 0.15) is 23.0 Å². The van der Waals surface area contributed by atoms with Gasteiger partial charge in [0.15, 0.2) is 5.65 Å². The molecule has 0 bridgehead atoms. The average Bonchev–Trinajstić information content (AvgIpc) is 3.57. The smallest absolute Gasteiger partial charge is 0.337 e. The summed E-state index contributed by atoms with van der Waals surface area (Å²) >= 11 is 0. The zero-order valence-corrected chi connectivity index (χ0v) is 27.7. The van der Waals surface area contributed by atoms with Crippen molar-refractivity contribution in [2.75, 3.05) is 26.3 Å². The van der Waals surface area contributed by atoms with Gasteiger partial charge in [-0.2, -0.15) is 0 Å². The Morgan fingerprint density at radius 1 is 0.882 bits per heavy atom. The highest BCUT2D eigenvalue weighted by Crippen LogP contribution is 2.29. The van der Waals surface area contributed by atoms with Crippen LogP contribution in [0.2, 0.25) is 0 Å². The second kappa shape index (κ2) is 13.6. The first-order chi connectivity index (χ1) is 24.8. The van der Waals surface area contributed by atoms with E-state index in [1.165, 1.54) is 38.1 Å². The number of rotatable bonds is 7. The van der Waals surface area contributed by atoms with E-state index in [1.54, 1.807) is 6.07 Å². The van der Waals surface area contributed by atoms with Crippen LogP contribution in [0.3, 0.4) is 0 Å². The summed E-state index contributed by atoms with van der Waals surface area (Å²) < 4.78 is 37.7. The number of benzene rings is 2. The van der Waals surface area contributed by atoms with Gasteiger partial charge in [0.05, 0.1) is 30.5 Å². The third-order valence-electron chi connectivity index (χ3n) is 9.81. The van der Waals surface area contributed by atoms with E-state index in [4.69, 9.17) is 4.74 Å². The molecule has 1 amide bonds. The molecular formula is C38H35F2N7O4. The molecule has 0 spiro atoms. The number of nitrogens with one attached hydrogen (secondary N) is 1. The molecule has 2 fully saturated rings. The molecule has 6 aromatic rings. The molecular weight excluding hydrogens is 656 g/mol. The minimum Gasteiger partial charge on any atom is -0.379 e. The van der Waals surface area contributed by atoms with E-state index in [0.717, 1.165) is 61.8 Å². The van der Waals surface area contributed by atoms with Crippen LogP contribution in [0, 0.1) is 11.6 Å². The Bertz CT molecular complexity index is 2390. The van der Waals surface area contributed by atoms with Crippen LogP contribution in [-0.2, 0) is 11.3 Å². The molecule has 1 aliphatic carbocycles. The number of carbonyl (C=O) groups excluding carboxylic acids is 1. The molecule has 1 aliphatic heterocycles. The lowest BCUT2D eigenvalue weighted by Crippen LogP contribution is -2.45. The van der Waals surface area contributed by atoms with Gasteiger partial charge in [-0.1, -0.05) is 30.3 Å². The van der Waals surface area contributed by atoms with E-state index in [0.29, 0.717) is 37.0 Å². The molecule has 1 N–H and O–H groups in total. The fourth-order valence-electron chi connectivity index (χ4n) is 7.24. The lowest BCUT2D eigenvalue weighted by atomic mass is 9.90. The summed E-state index contributed by atoms with van der Waals surface area (Å²) in [6.07, 6.45) is 5.60. The molecule has 0 radical (unpaired) electrons. The number of hydrogen-bond donors (Lipinski definition) is 1. The minimum atomic E-state index is -0.678. The van der Waals surface area contributed by atoms with Crippen LogP contribution in [0.4, 0.5) is 8.78 Å². The summed E-state index contributed by atoms with van der Waals surface area (Å²) in [7, 11) is 0. The van der Waals surface area contributed by atoms with E-state index in [9.17, 15) is 23.2 Å². The molecule has 1 saturated carbocycles. The van der Waals surface area contributed by atoms with Crippen molar-refractivity contribution < 1.29 is 18.3 Å². The van der Waals surface area contributed by atoms with Gasteiger partial charge >= 0.3 is 5.69 Å². The number of carbonyl (C=O) groups is 1. The van der Waals surface area contributed by atoms with E-state index >= 15 is 0 Å². The van der Waals surface area contributed by atoms with Gasteiger partial charge < -0.3 is 14.5 Å². The van der Waals surface area contributed by atoms with Gasteiger partial charge in [0.2, 0.25) is 0 Å². The molecule has 0 atom stereocenters. The predicted octanol–water partition coefficient (Wildman–Crippen LogP) is 4.89. The standard InChI is InChI=1S/C38H35F2N7O4/c39-27-7-12-34-43-33(23-45(34)22-27)36(48)42-29-8-10-30(11-9-29)47-37(49)32-19-28(40)20-41-35(32)46(38(47)50)31-6-2-5-26(18-31)25-4-1-3-24(17-25)21-44-13-15-51-16-14-44/h1-7,12,17-20,22-23,29-30H,8-11,13-16,21H2,(H,42,48). The number of morpholine rings is 1. The first kappa shape index (κ1) is 32.7. The Morgan fingerprint density at radius 2 is 1.65 bits per heavy atom. The lowest BCUT2D eigenvalue weighted by Gasteiger charge is -2.30. The van der Waals surface area contributed by atoms with Gasteiger partial charge in [-0.15, -0.1) is 0 Å². The van der Waals surface area contributed by atoms with Crippen molar-refractivity contribution in [1.29, 1.82) is 0 Å². The maximum atomic E-state index is 14.5. The summed E-state index contributed by atoms with van der Waals surface area (Å²) in [4.78, 5) is 52.1. The maximum Gasteiger partial charge on any atom is 0.337 e. The molecule has 0 unspecified atom stereocenters. The number of imidazole rings is 1. The van der Waals surface area contributed by atoms with Crippen molar-refractivity contribution in [3.8, 4) is 16.8 Å². The average molecular weight is 692 g/mol. The van der Waals surface area contributed by atoms with Crippen LogP contribution in [0.25, 0.3) is 33.5 Å². The van der Waals surface area contributed by atoms with E-state index in [-0.39, 0.29) is 28.7 Å². The highest BCUT2D eigenvalue weighted by atomic mass is 19.1. The fourth-order valence-corrected chi connectivity index (χ4v) is 7.24. The molecule has 8 rings (SSSR count). The Hall–Kier alpha value is -5.53. The highest BCUT2D eigenvalue weighted by Gasteiger charge is 2.29. The Labute approximate surface area is 290 Å². The number of hydrogen-bond acceptors (Lipinski definition) is 7. The number of pyridine rings is 2. The first-order valence-corrected chi connectivity index (χ1v) is 17.1. The SMILES string of the molecule is O=C(NC1CCC(n2c(=O)c3cc(F)cnc3n(-c3cccc(-c4cccc(CN5CCOCC5)c4)c3)c2=O)CC1)c1cn2cc(F)ccc2n1. The second-order valence-corrected chi connectivity index (χ2v) is 13.2. The first-order valence-electron chi connectivity index (χ1n) is 17.1. The topological polar surface area (TPSA) is 116 Å². The predicted molar refractivity (Wildman–Crippen MR) is 187 cm³/mol. The number of aromatic nitrogens is 5. The monoisotopic (exact) mass is 691 g/mol. The van der Waals surface area contributed by atoms with Gasteiger partial charge in [-0.3, -0.25) is 19.1 Å². The zero-order valence-electron chi connectivity index (χ0n) is 27.7. The van der Waals surface area contributed by atoms with Crippen LogP contribution < -0.4 is 16.6 Å². The number of nitrogens with zero attached hydrogens (tertiary/aromatic N) is 6. The molecule has 4 aromatic heterocycles. The zero-order chi connectivity index (χ0) is 35.1. The fraction of sp³-hybridized carbons (Fsp3) is 0.289. The van der Waals surface area contributed by atoms with Crippen LogP contribution >= 0.6 is 0 Å². The van der Waals surface area contributed by atoms with Crippen molar-refractivity contribution >= 4 is 22.6 Å². The molecule has 1 saturated heterocycles. The summed E-state index contributed by atoms with van der Waals surface area (Å²) in [6.45, 7) is 3.99. The van der Waals surface area contributed by atoms with Gasteiger partial charge in [0.25, 0.3) is 11.5 Å². The molecule has 51 heavy (non-hydrogen) atoms. The van der Waals surface area contributed by atoms with Crippen molar-refractivity contribution in [2.45, 2.75) is 44.3 Å². The van der Waals surface area contributed by atoms with Crippen molar-refractivity contribution in [2.24, 2.45) is 0 Å². The summed E-state index contributed by atoms with van der Waals surface area (Å²) in [5, 5.41) is 2.99. The normalized spacial score (nSPS) is 18.3. The van der Waals surface area contributed by atoms with Gasteiger partial charge in [0, 0.05) is 44.1 Å². The largest absolute Gasteiger partial charge is 0.379 e. The third kappa shape index (κ3) is 6.57. The van der Waals surface area contributed by atoms with Crippen molar-refractivity contribution in [1.82, 2.24) is 33.7 Å². The Kier molecular flexibility index (Phi) is 8.74. The van der Waals surface area contributed by atoms with E-state index in [2.05, 4.69) is 32.3 Å². The molecule has 11 nitrogen and oxygen atoms in total. The van der Waals surface area contributed by atoms with Crippen LogP contribution in [-0.4, -0.2) is 66.7 Å². The Morgan fingerprint density at radius 3 is 2.45 bits per heavy atom. The number of halogens is 2. The highest BCUT2D eigenvalue weighted by molar-refractivity contribution is 5.93. The molecule has 5 heterocycles. The van der Waals surface area contributed by atoms with Gasteiger partial charge in [-0.25, -0.2) is 28.1 Å². The number of ether oxygens (including phenoxy) is 1. The lowest BCUT2D eigenvalue weighted by molar-refractivity contribution is 0.0342. The van der Waals surface area contributed by atoms with Crippen LogP contribution in [0.1, 0.15) is 47.8 Å². The van der Waals surface area contributed by atoms with E-state index in [1.807, 2.05) is 30.3 Å².